The van der Waals surface area contributed by atoms with Crippen molar-refractivity contribution in [2.75, 3.05) is 44.4 Å². The molecule has 0 saturated heterocycles. The molecule has 3 rings (SSSR count). The summed E-state index contributed by atoms with van der Waals surface area (Å²) in [5, 5.41) is 14.9. The van der Waals surface area contributed by atoms with Crippen LogP contribution in [0.4, 0.5) is 29.3 Å². The number of carbonyl (C=O) groups excluding carboxylic acids is 2. The number of ether oxygens (including phenoxy) is 1. The van der Waals surface area contributed by atoms with Crippen molar-refractivity contribution in [2.45, 2.75) is 32.2 Å². The predicted molar refractivity (Wildman–Crippen MR) is 130 cm³/mol. The van der Waals surface area contributed by atoms with Crippen molar-refractivity contribution in [1.82, 2.24) is 9.80 Å². The van der Waals surface area contributed by atoms with Crippen LogP contribution >= 0.6 is 0 Å². The Labute approximate surface area is 208 Å². The number of nitrogens with one attached hydrogen (secondary N) is 2. The third-order valence-electron chi connectivity index (χ3n) is 5.95. The lowest BCUT2D eigenvalue weighted by Gasteiger charge is -2.38. The predicted octanol–water partition coefficient (Wildman–Crippen LogP) is 4.13. The van der Waals surface area contributed by atoms with E-state index in [0.717, 1.165) is 24.3 Å². The van der Waals surface area contributed by atoms with Crippen molar-refractivity contribution in [2.24, 2.45) is 5.92 Å². The summed E-state index contributed by atoms with van der Waals surface area (Å²) in [5.41, 5.74) is -0.191. The molecule has 8 nitrogen and oxygen atoms in total. The summed E-state index contributed by atoms with van der Waals surface area (Å²) in [6.07, 6.45) is -4.81. The summed E-state index contributed by atoms with van der Waals surface area (Å²) >= 11 is 0. The second-order valence-electron chi connectivity index (χ2n) is 9.22. The number of halogens is 3. The van der Waals surface area contributed by atoms with E-state index in [0.29, 0.717) is 13.1 Å². The number of fused-ring (bicyclic) bond motifs is 1. The summed E-state index contributed by atoms with van der Waals surface area (Å²) in [6.45, 7) is 4.43. The number of urea groups is 1. The summed E-state index contributed by atoms with van der Waals surface area (Å²) in [6, 6.07) is 7.70. The fraction of sp³-hybridized carbons (Fsp3) is 0.440. The Kier molecular flexibility index (Phi) is 8.47. The maximum atomic E-state index is 13.4. The first kappa shape index (κ1) is 27.3. The average molecular weight is 509 g/mol. The lowest BCUT2D eigenvalue weighted by molar-refractivity contribution is -0.137. The molecule has 0 aromatic heterocycles. The molecule has 0 spiro atoms. The number of carbonyl (C=O) groups is 2. The van der Waals surface area contributed by atoms with Crippen LogP contribution in [0.5, 0.6) is 5.75 Å². The molecule has 3 atom stereocenters. The highest BCUT2D eigenvalue weighted by molar-refractivity contribution is 6.04. The topological polar surface area (TPSA) is 94.1 Å². The van der Waals surface area contributed by atoms with E-state index in [1.54, 1.807) is 30.0 Å². The molecule has 1 aliphatic heterocycles. The normalized spacial score (nSPS) is 19.1. The average Bonchev–Trinajstić information content (AvgIpc) is 2.80. The Balaban J connectivity index is 1.91. The standard InChI is InChI=1S/C25H31F3N4O4/c1-15-12-32(16(2)14-33)23(34)19-6-5-7-20(22(19)36-21(15)13-31(3)4)30-24(35)29-18-10-8-17(9-11-18)25(26,27)28/h5-11,15-16,21,33H,12-14H2,1-4H3,(H2,29,30,35)/t15-,16+,21+/m0/s1. The van der Waals surface area contributed by atoms with Crippen LogP contribution in [0.2, 0.25) is 0 Å². The van der Waals surface area contributed by atoms with Gasteiger partial charge in [0.2, 0.25) is 0 Å². The largest absolute Gasteiger partial charge is 0.486 e. The van der Waals surface area contributed by atoms with Crippen LogP contribution in [0.25, 0.3) is 0 Å². The van der Waals surface area contributed by atoms with E-state index >= 15 is 0 Å². The van der Waals surface area contributed by atoms with Gasteiger partial charge in [0, 0.05) is 24.7 Å². The molecular weight excluding hydrogens is 477 g/mol. The molecule has 1 heterocycles. The zero-order chi connectivity index (χ0) is 26.6. The van der Waals surface area contributed by atoms with Gasteiger partial charge in [0.15, 0.2) is 5.75 Å². The Bertz CT molecular complexity index is 1080. The van der Waals surface area contributed by atoms with Gasteiger partial charge < -0.3 is 30.3 Å². The first-order valence-electron chi connectivity index (χ1n) is 11.5. The first-order chi connectivity index (χ1) is 16.9. The summed E-state index contributed by atoms with van der Waals surface area (Å²) in [5.74, 6) is -0.236. The van der Waals surface area contributed by atoms with Gasteiger partial charge in [0.25, 0.3) is 5.91 Å². The Morgan fingerprint density at radius 2 is 1.86 bits per heavy atom. The van der Waals surface area contributed by atoms with Crippen LogP contribution in [0.15, 0.2) is 42.5 Å². The number of hydrogen-bond donors (Lipinski definition) is 3. The Morgan fingerprint density at radius 1 is 1.19 bits per heavy atom. The Hall–Kier alpha value is -3.31. The lowest BCUT2D eigenvalue weighted by atomic mass is 9.99. The molecule has 0 fully saturated rings. The zero-order valence-electron chi connectivity index (χ0n) is 20.6. The second-order valence-corrected chi connectivity index (χ2v) is 9.22. The highest BCUT2D eigenvalue weighted by Gasteiger charge is 2.34. The lowest BCUT2D eigenvalue weighted by Crippen LogP contribution is -2.49. The summed E-state index contributed by atoms with van der Waals surface area (Å²) < 4.78 is 44.7. The SMILES string of the molecule is C[C@H](CO)N1C[C@H](C)[C@@H](CN(C)C)Oc2c(NC(=O)Nc3ccc(C(F)(F)F)cc3)cccc2C1=O. The molecule has 2 aromatic carbocycles. The van der Waals surface area contributed by atoms with Gasteiger partial charge in [0.1, 0.15) is 6.10 Å². The monoisotopic (exact) mass is 508 g/mol. The molecule has 0 saturated carbocycles. The van der Waals surface area contributed by atoms with Crippen molar-refractivity contribution in [3.63, 3.8) is 0 Å². The van der Waals surface area contributed by atoms with Crippen molar-refractivity contribution in [1.29, 1.82) is 0 Å². The van der Waals surface area contributed by atoms with Crippen molar-refractivity contribution in [3.05, 3.63) is 53.6 Å². The minimum atomic E-state index is -4.48. The van der Waals surface area contributed by atoms with E-state index in [9.17, 15) is 27.9 Å². The van der Waals surface area contributed by atoms with Crippen LogP contribution in [0.1, 0.15) is 29.8 Å². The van der Waals surface area contributed by atoms with E-state index in [2.05, 4.69) is 10.6 Å². The zero-order valence-corrected chi connectivity index (χ0v) is 20.6. The second kappa shape index (κ2) is 11.2. The number of para-hydroxylation sites is 1. The fourth-order valence-corrected chi connectivity index (χ4v) is 3.95. The van der Waals surface area contributed by atoms with Crippen LogP contribution in [0.3, 0.4) is 0 Å². The minimum absolute atomic E-state index is 0.0903. The van der Waals surface area contributed by atoms with Crippen molar-refractivity contribution in [3.8, 4) is 5.75 Å². The highest BCUT2D eigenvalue weighted by atomic mass is 19.4. The number of alkyl halides is 3. The molecule has 0 bridgehead atoms. The van der Waals surface area contributed by atoms with Gasteiger partial charge in [-0.15, -0.1) is 0 Å². The summed E-state index contributed by atoms with van der Waals surface area (Å²) in [4.78, 5) is 29.7. The number of benzene rings is 2. The van der Waals surface area contributed by atoms with Gasteiger partial charge in [0.05, 0.1) is 29.5 Å². The molecule has 2 aromatic rings. The van der Waals surface area contributed by atoms with Gasteiger partial charge in [-0.2, -0.15) is 13.2 Å². The first-order valence-corrected chi connectivity index (χ1v) is 11.5. The maximum absolute atomic E-state index is 13.4. The van der Waals surface area contributed by atoms with E-state index in [1.807, 2.05) is 25.9 Å². The molecule has 0 unspecified atom stereocenters. The molecule has 0 radical (unpaired) electrons. The van der Waals surface area contributed by atoms with Crippen LogP contribution in [0, 0.1) is 5.92 Å². The van der Waals surface area contributed by atoms with Crippen molar-refractivity contribution < 1.29 is 32.6 Å². The maximum Gasteiger partial charge on any atom is 0.416 e. The van der Waals surface area contributed by atoms with E-state index in [4.69, 9.17) is 4.74 Å². The van der Waals surface area contributed by atoms with E-state index < -0.39 is 23.8 Å². The van der Waals surface area contributed by atoms with Crippen LogP contribution < -0.4 is 15.4 Å². The summed E-state index contributed by atoms with van der Waals surface area (Å²) in [7, 11) is 3.80. The number of amides is 3. The molecule has 3 amide bonds. The highest BCUT2D eigenvalue weighted by Crippen LogP contribution is 2.35. The van der Waals surface area contributed by atoms with Gasteiger partial charge in [-0.05, 0) is 57.4 Å². The molecule has 3 N–H and O–H groups in total. The molecule has 196 valence electrons. The van der Waals surface area contributed by atoms with Crippen molar-refractivity contribution >= 4 is 23.3 Å². The number of hydrogen-bond acceptors (Lipinski definition) is 5. The molecule has 0 aliphatic carbocycles. The van der Waals surface area contributed by atoms with Gasteiger partial charge >= 0.3 is 12.2 Å². The number of aliphatic hydroxyl groups is 1. The number of rotatable bonds is 6. The molecule has 36 heavy (non-hydrogen) atoms. The number of likely N-dealkylation sites (N-methyl/N-ethyl adjacent to an activating group) is 1. The van der Waals surface area contributed by atoms with Gasteiger partial charge in [-0.1, -0.05) is 13.0 Å². The molecular formula is C25H31F3N4O4. The smallest absolute Gasteiger partial charge is 0.416 e. The fourth-order valence-electron chi connectivity index (χ4n) is 3.95. The van der Waals surface area contributed by atoms with Crippen LogP contribution in [-0.2, 0) is 6.18 Å². The minimum Gasteiger partial charge on any atom is -0.486 e. The number of anilines is 2. The van der Waals surface area contributed by atoms with E-state index in [-0.39, 0.29) is 47.2 Å². The third-order valence-corrected chi connectivity index (χ3v) is 5.95. The molecule has 11 heteroatoms. The molecule has 1 aliphatic rings. The number of nitrogens with zero attached hydrogens (tertiary/aromatic N) is 2. The Morgan fingerprint density at radius 3 is 2.44 bits per heavy atom. The third kappa shape index (κ3) is 6.46. The van der Waals surface area contributed by atoms with Gasteiger partial charge in [-0.3, -0.25) is 4.79 Å². The van der Waals surface area contributed by atoms with Crippen LogP contribution in [-0.4, -0.2) is 72.8 Å². The van der Waals surface area contributed by atoms with Gasteiger partial charge in [-0.25, -0.2) is 4.79 Å². The number of aliphatic hydroxyl groups excluding tert-OH is 1. The van der Waals surface area contributed by atoms with E-state index in [1.165, 1.54) is 0 Å². The quantitative estimate of drug-likeness (QED) is 0.546.